The second kappa shape index (κ2) is 5.24. The highest BCUT2D eigenvalue weighted by atomic mass is 16.5. The minimum absolute atomic E-state index is 0.0695. The summed E-state index contributed by atoms with van der Waals surface area (Å²) >= 11 is 0. The Morgan fingerprint density at radius 1 is 1.30 bits per heavy atom. The first-order valence-electron chi connectivity index (χ1n) is 7.95. The van der Waals surface area contributed by atoms with Crippen molar-refractivity contribution in [1.82, 2.24) is 9.80 Å². The molecule has 0 aromatic heterocycles. The van der Waals surface area contributed by atoms with Crippen molar-refractivity contribution in [3.05, 3.63) is 0 Å². The Bertz CT molecular complexity index is 356. The van der Waals surface area contributed by atoms with Crippen LogP contribution in [0.4, 0.5) is 0 Å². The molecule has 0 aromatic carbocycles. The first kappa shape index (κ1) is 16.2. The van der Waals surface area contributed by atoms with Gasteiger partial charge in [-0.2, -0.15) is 0 Å². The predicted molar refractivity (Wildman–Crippen MR) is 83.9 cm³/mol. The minimum atomic E-state index is -0.211. The van der Waals surface area contributed by atoms with E-state index in [-0.39, 0.29) is 16.7 Å². The van der Waals surface area contributed by atoms with Gasteiger partial charge in [-0.15, -0.1) is 0 Å². The summed E-state index contributed by atoms with van der Waals surface area (Å²) in [5.74, 6) is 0. The van der Waals surface area contributed by atoms with Gasteiger partial charge in [-0.1, -0.05) is 0 Å². The second-order valence-corrected chi connectivity index (χ2v) is 7.94. The molecule has 2 N–H and O–H groups in total. The number of nitrogens with zero attached hydrogens (tertiary/aromatic N) is 2. The van der Waals surface area contributed by atoms with Crippen LogP contribution in [0.5, 0.6) is 0 Å². The molecule has 0 bridgehead atoms. The number of likely N-dealkylation sites (tertiary alicyclic amines) is 1. The normalized spacial score (nSPS) is 36.9. The van der Waals surface area contributed by atoms with E-state index in [0.717, 1.165) is 13.0 Å². The third kappa shape index (κ3) is 2.63. The van der Waals surface area contributed by atoms with Gasteiger partial charge in [-0.3, -0.25) is 4.90 Å². The standard InChI is InChI=1S/C16H33N3O/c1-14(2)11-16(12-17,15(3,4)20-14)19(6)10-13-8-7-9-18(13)5/h13H,7-12,17H2,1-6H3. The molecule has 2 aliphatic rings. The van der Waals surface area contributed by atoms with Crippen molar-refractivity contribution in [2.75, 3.05) is 33.7 Å². The lowest BCUT2D eigenvalue weighted by atomic mass is 9.77. The summed E-state index contributed by atoms with van der Waals surface area (Å²) in [6, 6.07) is 0.655. The number of hydrogen-bond acceptors (Lipinski definition) is 4. The van der Waals surface area contributed by atoms with Gasteiger partial charge in [0.2, 0.25) is 0 Å². The third-order valence-corrected chi connectivity index (χ3v) is 5.59. The van der Waals surface area contributed by atoms with Gasteiger partial charge in [0, 0.05) is 19.1 Å². The minimum Gasteiger partial charge on any atom is -0.368 e. The summed E-state index contributed by atoms with van der Waals surface area (Å²) in [6.45, 7) is 11.7. The maximum Gasteiger partial charge on any atom is 0.0829 e. The SMILES string of the molecule is CN1CCCC1CN(C)C1(CN)CC(C)(C)OC1(C)C. The van der Waals surface area contributed by atoms with Crippen molar-refractivity contribution in [3.63, 3.8) is 0 Å². The highest BCUT2D eigenvalue weighted by Crippen LogP contribution is 2.47. The van der Waals surface area contributed by atoms with Crippen LogP contribution >= 0.6 is 0 Å². The molecule has 2 unspecified atom stereocenters. The van der Waals surface area contributed by atoms with E-state index in [1.165, 1.54) is 19.4 Å². The fourth-order valence-corrected chi connectivity index (χ4v) is 4.51. The lowest BCUT2D eigenvalue weighted by molar-refractivity contribution is -0.102. The Morgan fingerprint density at radius 3 is 2.35 bits per heavy atom. The number of nitrogens with two attached hydrogens (primary N) is 1. The molecule has 2 aliphatic heterocycles. The molecule has 2 atom stereocenters. The van der Waals surface area contributed by atoms with Crippen LogP contribution in [0.15, 0.2) is 0 Å². The van der Waals surface area contributed by atoms with Crippen LogP contribution in [-0.2, 0) is 4.74 Å². The first-order valence-corrected chi connectivity index (χ1v) is 7.95. The molecule has 20 heavy (non-hydrogen) atoms. The molecule has 0 radical (unpaired) electrons. The van der Waals surface area contributed by atoms with Gasteiger partial charge >= 0.3 is 0 Å². The first-order chi connectivity index (χ1) is 9.13. The Kier molecular flexibility index (Phi) is 4.25. The molecule has 4 heteroatoms. The quantitative estimate of drug-likeness (QED) is 0.852. The third-order valence-electron chi connectivity index (χ3n) is 5.59. The van der Waals surface area contributed by atoms with Crippen LogP contribution in [0.1, 0.15) is 47.0 Å². The average molecular weight is 283 g/mol. The number of hydrogen-bond donors (Lipinski definition) is 1. The van der Waals surface area contributed by atoms with Gasteiger partial charge in [0.05, 0.1) is 16.7 Å². The molecule has 0 amide bonds. The van der Waals surface area contributed by atoms with Crippen molar-refractivity contribution in [3.8, 4) is 0 Å². The van der Waals surface area contributed by atoms with Crippen LogP contribution in [0, 0.1) is 0 Å². The summed E-state index contributed by atoms with van der Waals surface area (Å²) in [5, 5.41) is 0. The van der Waals surface area contributed by atoms with E-state index < -0.39 is 0 Å². The highest BCUT2D eigenvalue weighted by molar-refractivity contribution is 5.13. The highest BCUT2D eigenvalue weighted by Gasteiger charge is 2.58. The fraction of sp³-hybridized carbons (Fsp3) is 1.00. The summed E-state index contributed by atoms with van der Waals surface area (Å²) in [4.78, 5) is 4.96. The van der Waals surface area contributed by atoms with Gasteiger partial charge in [0.1, 0.15) is 0 Å². The lowest BCUT2D eigenvalue weighted by Gasteiger charge is -2.47. The molecule has 2 heterocycles. The van der Waals surface area contributed by atoms with Crippen molar-refractivity contribution in [1.29, 1.82) is 0 Å². The smallest absolute Gasteiger partial charge is 0.0829 e. The zero-order valence-corrected chi connectivity index (χ0v) is 14.2. The molecule has 2 fully saturated rings. The Labute approximate surface area is 124 Å². The van der Waals surface area contributed by atoms with Crippen LogP contribution in [-0.4, -0.2) is 66.3 Å². The van der Waals surface area contributed by atoms with Gasteiger partial charge in [0.25, 0.3) is 0 Å². The van der Waals surface area contributed by atoms with Crippen molar-refractivity contribution in [2.45, 2.75) is 69.7 Å². The molecule has 2 rings (SSSR count). The van der Waals surface area contributed by atoms with Gasteiger partial charge in [-0.05, 0) is 67.6 Å². The van der Waals surface area contributed by atoms with E-state index in [4.69, 9.17) is 10.5 Å². The monoisotopic (exact) mass is 283 g/mol. The van der Waals surface area contributed by atoms with Crippen LogP contribution < -0.4 is 5.73 Å². The van der Waals surface area contributed by atoms with E-state index in [9.17, 15) is 0 Å². The molecule has 118 valence electrons. The van der Waals surface area contributed by atoms with Gasteiger partial charge < -0.3 is 15.4 Å². The van der Waals surface area contributed by atoms with Crippen molar-refractivity contribution >= 4 is 0 Å². The Balaban J connectivity index is 2.18. The summed E-state index contributed by atoms with van der Waals surface area (Å²) in [5.41, 5.74) is 5.86. The lowest BCUT2D eigenvalue weighted by Crippen LogP contribution is -2.63. The molecular formula is C16H33N3O. The Morgan fingerprint density at radius 2 is 1.95 bits per heavy atom. The number of likely N-dealkylation sites (N-methyl/N-ethyl adjacent to an activating group) is 2. The molecule has 4 nitrogen and oxygen atoms in total. The topological polar surface area (TPSA) is 41.7 Å². The average Bonchev–Trinajstić information content (AvgIpc) is 2.77. The van der Waals surface area contributed by atoms with Crippen LogP contribution in [0.2, 0.25) is 0 Å². The fourth-order valence-electron chi connectivity index (χ4n) is 4.51. The summed E-state index contributed by atoms with van der Waals surface area (Å²) in [7, 11) is 4.46. The molecule has 0 saturated carbocycles. The summed E-state index contributed by atoms with van der Waals surface area (Å²) < 4.78 is 6.32. The van der Waals surface area contributed by atoms with E-state index in [0.29, 0.717) is 12.6 Å². The molecule has 0 aliphatic carbocycles. The second-order valence-electron chi connectivity index (χ2n) is 7.94. The van der Waals surface area contributed by atoms with Crippen LogP contribution in [0.25, 0.3) is 0 Å². The van der Waals surface area contributed by atoms with E-state index in [1.54, 1.807) is 0 Å². The zero-order valence-electron chi connectivity index (χ0n) is 14.2. The maximum atomic E-state index is 6.32. The molecule has 0 aromatic rings. The number of rotatable bonds is 4. The van der Waals surface area contributed by atoms with E-state index >= 15 is 0 Å². The number of ether oxygens (including phenoxy) is 1. The van der Waals surface area contributed by atoms with E-state index in [1.807, 2.05) is 0 Å². The zero-order chi connectivity index (χ0) is 15.2. The molecule has 2 saturated heterocycles. The van der Waals surface area contributed by atoms with Crippen molar-refractivity contribution in [2.24, 2.45) is 5.73 Å². The largest absolute Gasteiger partial charge is 0.368 e. The van der Waals surface area contributed by atoms with E-state index in [2.05, 4.69) is 51.6 Å². The molecular weight excluding hydrogens is 250 g/mol. The summed E-state index contributed by atoms with van der Waals surface area (Å²) in [6.07, 6.45) is 3.61. The van der Waals surface area contributed by atoms with Gasteiger partial charge in [0.15, 0.2) is 0 Å². The molecule has 0 spiro atoms. The maximum absolute atomic E-state index is 6.32. The Hall–Kier alpha value is -0.160. The predicted octanol–water partition coefficient (Wildman–Crippen LogP) is 1.69. The van der Waals surface area contributed by atoms with Crippen molar-refractivity contribution < 1.29 is 4.74 Å². The van der Waals surface area contributed by atoms with Gasteiger partial charge in [-0.25, -0.2) is 0 Å². The van der Waals surface area contributed by atoms with Crippen LogP contribution in [0.3, 0.4) is 0 Å².